The lowest BCUT2D eigenvalue weighted by Gasteiger charge is -2.14. The van der Waals surface area contributed by atoms with Gasteiger partial charge < -0.3 is 10.6 Å². The number of carbonyl (C=O) groups excluding carboxylic acids is 1. The molecule has 8 heteroatoms. The molecule has 2 aromatic rings. The maximum Gasteiger partial charge on any atom is 0.329 e. The van der Waals surface area contributed by atoms with Gasteiger partial charge in [-0.3, -0.25) is 19.1 Å². The van der Waals surface area contributed by atoms with Gasteiger partial charge in [-0.15, -0.1) is 0 Å². The molecule has 1 saturated carbocycles. The summed E-state index contributed by atoms with van der Waals surface area (Å²) in [5.74, 6) is 0.618. The van der Waals surface area contributed by atoms with Crippen LogP contribution in [0.1, 0.15) is 61.0 Å². The monoisotopic (exact) mass is 385 g/mol. The smallest absolute Gasteiger partial charge is 0.329 e. The Balaban J connectivity index is 1.71. The lowest BCUT2D eigenvalue weighted by Crippen LogP contribution is -2.34. The molecule has 1 saturated heterocycles. The number of aromatic amines is 1. The fourth-order valence-electron chi connectivity index (χ4n) is 3.94. The summed E-state index contributed by atoms with van der Waals surface area (Å²) >= 11 is 0. The highest BCUT2D eigenvalue weighted by molar-refractivity contribution is 6.05. The number of nitrogens with one attached hydrogen (secondary N) is 3. The van der Waals surface area contributed by atoms with Gasteiger partial charge in [0.1, 0.15) is 0 Å². The van der Waals surface area contributed by atoms with Gasteiger partial charge >= 0.3 is 5.69 Å². The quantitative estimate of drug-likeness (QED) is 0.661. The van der Waals surface area contributed by atoms with Crippen LogP contribution >= 0.6 is 0 Å². The van der Waals surface area contributed by atoms with Gasteiger partial charge in [0.05, 0.1) is 10.9 Å². The zero-order valence-electron chi connectivity index (χ0n) is 16.2. The molecule has 0 bridgehead atoms. The maximum atomic E-state index is 12.9. The van der Waals surface area contributed by atoms with Crippen molar-refractivity contribution in [3.8, 4) is 0 Å². The van der Waals surface area contributed by atoms with Crippen molar-refractivity contribution in [1.29, 1.82) is 0 Å². The van der Waals surface area contributed by atoms with Gasteiger partial charge in [-0.1, -0.05) is 6.92 Å². The minimum absolute atomic E-state index is 0.206. The zero-order chi connectivity index (χ0) is 19.7. The third-order valence-corrected chi connectivity index (χ3v) is 5.66. The van der Waals surface area contributed by atoms with Crippen LogP contribution in [-0.4, -0.2) is 40.1 Å². The van der Waals surface area contributed by atoms with E-state index in [1.54, 1.807) is 6.07 Å². The summed E-state index contributed by atoms with van der Waals surface area (Å²) < 4.78 is 1.48. The van der Waals surface area contributed by atoms with Crippen LogP contribution in [0.15, 0.2) is 15.7 Å². The second kappa shape index (κ2) is 7.87. The number of nitrogens with zero attached hydrogens (tertiary/aromatic N) is 2. The number of aromatic nitrogens is 3. The molecule has 28 heavy (non-hydrogen) atoms. The second-order valence-electron chi connectivity index (χ2n) is 7.88. The molecular weight excluding hydrogens is 358 g/mol. The summed E-state index contributed by atoms with van der Waals surface area (Å²) in [5, 5.41) is 6.49. The van der Waals surface area contributed by atoms with E-state index >= 15 is 0 Å². The summed E-state index contributed by atoms with van der Waals surface area (Å²) in [6, 6.07) is 1.74. The highest BCUT2D eigenvalue weighted by Crippen LogP contribution is 2.39. The Kier molecular flexibility index (Phi) is 5.30. The van der Waals surface area contributed by atoms with Crippen LogP contribution in [0, 0.1) is 5.92 Å². The number of pyridine rings is 1. The van der Waals surface area contributed by atoms with Crippen molar-refractivity contribution in [3.05, 3.63) is 38.2 Å². The third kappa shape index (κ3) is 3.73. The number of hydrogen-bond donors (Lipinski definition) is 3. The van der Waals surface area contributed by atoms with Crippen LogP contribution in [-0.2, 0) is 6.54 Å². The first-order valence-corrected chi connectivity index (χ1v) is 10.2. The molecule has 0 aromatic carbocycles. The lowest BCUT2D eigenvalue weighted by atomic mass is 10.0. The normalized spacial score (nSPS) is 19.2. The molecule has 3 heterocycles. The Morgan fingerprint density at radius 1 is 1.32 bits per heavy atom. The first-order valence-electron chi connectivity index (χ1n) is 10.2. The Hall–Kier alpha value is -2.48. The van der Waals surface area contributed by atoms with Gasteiger partial charge in [-0.25, -0.2) is 9.78 Å². The molecule has 2 aromatic heterocycles. The van der Waals surface area contributed by atoms with Gasteiger partial charge in [0.2, 0.25) is 0 Å². The average Bonchev–Trinajstić information content (AvgIpc) is 3.40. The van der Waals surface area contributed by atoms with Gasteiger partial charge in [-0.2, -0.15) is 0 Å². The van der Waals surface area contributed by atoms with E-state index in [4.69, 9.17) is 0 Å². The largest absolute Gasteiger partial charge is 0.352 e. The number of H-pyrrole nitrogens is 1. The SMILES string of the molecule is CCCn1c(=O)[nH]c(=O)c2c(C(=O)NCCC3CCNC3)cc(C3CC3)nc21. The third-order valence-electron chi connectivity index (χ3n) is 5.66. The molecule has 4 rings (SSSR count). The van der Waals surface area contributed by atoms with Crippen LogP contribution in [0.25, 0.3) is 11.0 Å². The van der Waals surface area contributed by atoms with Crippen molar-refractivity contribution in [2.75, 3.05) is 19.6 Å². The zero-order valence-corrected chi connectivity index (χ0v) is 16.2. The number of fused-ring (bicyclic) bond motifs is 1. The molecule has 0 spiro atoms. The van der Waals surface area contributed by atoms with Crippen molar-refractivity contribution in [2.45, 2.75) is 51.5 Å². The van der Waals surface area contributed by atoms with Crippen LogP contribution in [0.3, 0.4) is 0 Å². The van der Waals surface area contributed by atoms with Crippen molar-refractivity contribution in [2.24, 2.45) is 5.92 Å². The lowest BCUT2D eigenvalue weighted by molar-refractivity contribution is 0.0953. The topological polar surface area (TPSA) is 109 Å². The van der Waals surface area contributed by atoms with Crippen molar-refractivity contribution in [3.63, 3.8) is 0 Å². The predicted octanol–water partition coefficient (Wildman–Crippen LogP) is 1.10. The Bertz CT molecular complexity index is 999. The number of carbonyl (C=O) groups is 1. The summed E-state index contributed by atoms with van der Waals surface area (Å²) in [7, 11) is 0. The molecular formula is C20H27N5O3. The summed E-state index contributed by atoms with van der Waals surface area (Å²) in [6.07, 6.45) is 4.81. The molecule has 8 nitrogen and oxygen atoms in total. The first kappa shape index (κ1) is 18.9. The Morgan fingerprint density at radius 3 is 2.82 bits per heavy atom. The highest BCUT2D eigenvalue weighted by Gasteiger charge is 2.28. The van der Waals surface area contributed by atoms with Crippen molar-refractivity contribution < 1.29 is 4.79 Å². The van der Waals surface area contributed by atoms with E-state index in [2.05, 4.69) is 20.6 Å². The van der Waals surface area contributed by atoms with Gasteiger partial charge in [0.25, 0.3) is 11.5 Å². The predicted molar refractivity (Wildman–Crippen MR) is 107 cm³/mol. The number of rotatable bonds is 7. The van der Waals surface area contributed by atoms with Crippen molar-refractivity contribution >= 4 is 16.9 Å². The van der Waals surface area contributed by atoms with Crippen LogP contribution in [0.2, 0.25) is 0 Å². The summed E-state index contributed by atoms with van der Waals surface area (Å²) in [5.41, 5.74) is 0.424. The molecule has 1 atom stereocenters. The minimum atomic E-state index is -0.549. The maximum absolute atomic E-state index is 12.9. The standard InChI is InChI=1S/C20H27N5O3/c1-2-9-25-17-16(19(27)24-20(25)28)14(10-15(23-17)13-3-4-13)18(26)22-8-6-12-5-7-21-11-12/h10,12-13,21H,2-9,11H2,1H3,(H,22,26)(H,24,27,28). The van der Waals surface area contributed by atoms with E-state index in [9.17, 15) is 14.4 Å². The number of aryl methyl sites for hydroxylation is 1. The molecule has 2 fully saturated rings. The van der Waals surface area contributed by atoms with E-state index in [1.807, 2.05) is 6.92 Å². The highest BCUT2D eigenvalue weighted by atomic mass is 16.2. The molecule has 2 aliphatic rings. The second-order valence-corrected chi connectivity index (χ2v) is 7.88. The molecule has 3 N–H and O–H groups in total. The molecule has 1 aliphatic carbocycles. The number of amides is 1. The molecule has 1 unspecified atom stereocenters. The Labute approximate surface area is 162 Å². The molecule has 0 radical (unpaired) electrons. The van der Waals surface area contributed by atoms with E-state index in [0.29, 0.717) is 36.1 Å². The van der Waals surface area contributed by atoms with Crippen LogP contribution < -0.4 is 21.9 Å². The van der Waals surface area contributed by atoms with Gasteiger partial charge in [0.15, 0.2) is 5.65 Å². The fourth-order valence-corrected chi connectivity index (χ4v) is 3.94. The fraction of sp³-hybridized carbons (Fsp3) is 0.600. The molecule has 1 aliphatic heterocycles. The van der Waals surface area contributed by atoms with Gasteiger partial charge in [0, 0.05) is 24.7 Å². The van der Waals surface area contributed by atoms with Crippen molar-refractivity contribution in [1.82, 2.24) is 25.2 Å². The van der Waals surface area contributed by atoms with Gasteiger partial charge in [-0.05, 0) is 57.2 Å². The summed E-state index contributed by atoms with van der Waals surface area (Å²) in [6.45, 7) is 4.99. The van der Waals surface area contributed by atoms with E-state index < -0.39 is 11.2 Å². The van der Waals surface area contributed by atoms with E-state index in [-0.39, 0.29) is 11.3 Å². The first-order chi connectivity index (χ1) is 13.6. The number of hydrogen-bond acceptors (Lipinski definition) is 5. The van der Waals surface area contributed by atoms with E-state index in [0.717, 1.165) is 50.9 Å². The minimum Gasteiger partial charge on any atom is -0.352 e. The average molecular weight is 385 g/mol. The van der Waals surface area contributed by atoms with Crippen LogP contribution in [0.4, 0.5) is 0 Å². The molecule has 1 amide bonds. The Morgan fingerprint density at radius 2 is 2.14 bits per heavy atom. The van der Waals surface area contributed by atoms with Crippen LogP contribution in [0.5, 0.6) is 0 Å². The summed E-state index contributed by atoms with van der Waals surface area (Å²) in [4.78, 5) is 44.8. The van der Waals surface area contributed by atoms with E-state index in [1.165, 1.54) is 4.57 Å². The molecule has 150 valence electrons.